The van der Waals surface area contributed by atoms with Gasteiger partial charge in [-0.05, 0) is 20.3 Å². The highest BCUT2D eigenvalue weighted by atomic mass is 31.2. The molecule has 5 nitrogen and oxygen atoms in total. The highest BCUT2D eigenvalue weighted by molar-refractivity contribution is 7.53. The molecule has 0 heterocycles. The molecule has 0 fully saturated rings. The number of alkyl halides is 3. The van der Waals surface area contributed by atoms with Crippen molar-refractivity contribution in [3.63, 3.8) is 0 Å². The van der Waals surface area contributed by atoms with Crippen molar-refractivity contribution in [2.75, 3.05) is 25.9 Å². The average Bonchev–Trinajstić information content (AvgIpc) is 2.23. The molecule has 1 N–H and O–H groups in total. The minimum atomic E-state index is -4.90. The molecule has 0 aliphatic carbocycles. The van der Waals surface area contributed by atoms with E-state index >= 15 is 0 Å². The summed E-state index contributed by atoms with van der Waals surface area (Å²) in [5.74, 6) is -2.01. The normalized spacial score (nSPS) is 12.5. The van der Waals surface area contributed by atoms with Gasteiger partial charge in [-0.15, -0.1) is 0 Å². The van der Waals surface area contributed by atoms with Crippen LogP contribution in [0.25, 0.3) is 0 Å². The number of amides is 1. The molecule has 0 rings (SSSR count). The van der Waals surface area contributed by atoms with Gasteiger partial charge in [-0.25, -0.2) is 0 Å². The number of carbonyl (C=O) groups is 1. The lowest BCUT2D eigenvalue weighted by Gasteiger charge is -2.16. The monoisotopic (exact) mass is 291 g/mol. The molecule has 0 spiro atoms. The molecule has 0 atom stereocenters. The Morgan fingerprint density at radius 1 is 1.22 bits per heavy atom. The lowest BCUT2D eigenvalue weighted by molar-refractivity contribution is -0.173. The van der Waals surface area contributed by atoms with Crippen molar-refractivity contribution < 1.29 is 31.6 Å². The molecule has 0 aliphatic rings. The van der Waals surface area contributed by atoms with E-state index < -0.39 is 19.7 Å². The first-order valence-corrected chi connectivity index (χ1v) is 7.21. The van der Waals surface area contributed by atoms with Crippen LogP contribution in [-0.4, -0.2) is 38.0 Å². The molecule has 0 radical (unpaired) electrons. The molecule has 0 saturated heterocycles. The van der Waals surface area contributed by atoms with Crippen LogP contribution in [0.5, 0.6) is 0 Å². The van der Waals surface area contributed by atoms with Crippen LogP contribution in [-0.2, 0) is 18.4 Å². The number of carbonyl (C=O) groups excluding carboxylic acids is 1. The van der Waals surface area contributed by atoms with E-state index in [0.29, 0.717) is 0 Å². The zero-order valence-electron chi connectivity index (χ0n) is 10.2. The quantitative estimate of drug-likeness (QED) is 0.550. The van der Waals surface area contributed by atoms with Gasteiger partial charge >= 0.3 is 19.7 Å². The number of nitrogens with one attached hydrogen (secondary N) is 1. The lowest BCUT2D eigenvalue weighted by atomic mass is 10.4. The molecule has 0 aromatic rings. The zero-order chi connectivity index (χ0) is 14.2. The third-order valence-corrected chi connectivity index (χ3v) is 3.97. The predicted octanol–water partition coefficient (Wildman–Crippen LogP) is 2.32. The summed E-state index contributed by atoms with van der Waals surface area (Å²) in [6, 6.07) is 0. The summed E-state index contributed by atoms with van der Waals surface area (Å²) < 4.78 is 57.3. The molecule has 0 aromatic heterocycles. The SMILES string of the molecule is CCOP(=O)(CCCNC(=O)C(F)(F)F)OCC. The third kappa shape index (κ3) is 6.98. The van der Waals surface area contributed by atoms with Crippen molar-refractivity contribution in [1.29, 1.82) is 0 Å². The first-order chi connectivity index (χ1) is 8.25. The van der Waals surface area contributed by atoms with Gasteiger partial charge in [0.05, 0.1) is 19.4 Å². The molecule has 0 bridgehead atoms. The lowest BCUT2D eigenvalue weighted by Crippen LogP contribution is -2.37. The summed E-state index contributed by atoms with van der Waals surface area (Å²) in [6.45, 7) is 3.41. The maximum Gasteiger partial charge on any atom is 0.471 e. The number of rotatable bonds is 8. The Balaban J connectivity index is 4.02. The van der Waals surface area contributed by atoms with Crippen LogP contribution in [0.15, 0.2) is 0 Å². The minimum Gasteiger partial charge on any atom is -0.348 e. The number of hydrogen-bond donors (Lipinski definition) is 1. The van der Waals surface area contributed by atoms with Crippen LogP contribution in [0.1, 0.15) is 20.3 Å². The van der Waals surface area contributed by atoms with Crippen LogP contribution in [0, 0.1) is 0 Å². The minimum absolute atomic E-state index is 0.0349. The fourth-order valence-electron chi connectivity index (χ4n) is 1.13. The summed E-state index contributed by atoms with van der Waals surface area (Å²) in [5.41, 5.74) is 0. The Labute approximate surface area is 104 Å². The van der Waals surface area contributed by atoms with Crippen molar-refractivity contribution >= 4 is 13.5 Å². The second-order valence-electron chi connectivity index (χ2n) is 3.28. The second kappa shape index (κ2) is 7.76. The maximum atomic E-state index is 11.9. The van der Waals surface area contributed by atoms with Crippen molar-refractivity contribution in [2.24, 2.45) is 0 Å². The van der Waals surface area contributed by atoms with Crippen molar-refractivity contribution in [2.45, 2.75) is 26.4 Å². The predicted molar refractivity (Wildman–Crippen MR) is 59.4 cm³/mol. The van der Waals surface area contributed by atoms with Crippen LogP contribution in [0.2, 0.25) is 0 Å². The summed E-state index contributed by atoms with van der Waals surface area (Å²) in [6.07, 6.45) is -4.85. The van der Waals surface area contributed by atoms with E-state index in [1.165, 1.54) is 0 Å². The van der Waals surface area contributed by atoms with Gasteiger partial charge in [0, 0.05) is 6.54 Å². The Kier molecular flexibility index (Phi) is 7.51. The highest BCUT2D eigenvalue weighted by Crippen LogP contribution is 2.48. The Hall–Kier alpha value is -0.590. The molecule has 1 amide bonds. The molecule has 18 heavy (non-hydrogen) atoms. The molecule has 0 saturated carbocycles. The van der Waals surface area contributed by atoms with Gasteiger partial charge in [0.25, 0.3) is 0 Å². The summed E-state index contributed by atoms with van der Waals surface area (Å²) >= 11 is 0. The van der Waals surface area contributed by atoms with E-state index in [9.17, 15) is 22.5 Å². The first kappa shape index (κ1) is 17.4. The molecular formula is C9H17F3NO4P. The van der Waals surface area contributed by atoms with E-state index in [2.05, 4.69) is 0 Å². The zero-order valence-corrected chi connectivity index (χ0v) is 11.1. The highest BCUT2D eigenvalue weighted by Gasteiger charge is 2.38. The largest absolute Gasteiger partial charge is 0.471 e. The molecule has 9 heteroatoms. The Morgan fingerprint density at radius 3 is 2.11 bits per heavy atom. The van der Waals surface area contributed by atoms with E-state index in [-0.39, 0.29) is 32.3 Å². The summed E-state index contributed by atoms with van der Waals surface area (Å²) in [5, 5.41) is 1.68. The van der Waals surface area contributed by atoms with E-state index in [1.54, 1.807) is 19.2 Å². The molecular weight excluding hydrogens is 274 g/mol. The third-order valence-electron chi connectivity index (χ3n) is 1.80. The van der Waals surface area contributed by atoms with Crippen molar-refractivity contribution in [3.05, 3.63) is 0 Å². The average molecular weight is 291 g/mol. The van der Waals surface area contributed by atoms with Gasteiger partial charge in [0.2, 0.25) is 0 Å². The van der Waals surface area contributed by atoms with E-state index in [0.717, 1.165) is 0 Å². The second-order valence-corrected chi connectivity index (χ2v) is 5.46. The van der Waals surface area contributed by atoms with Gasteiger partial charge in [0.15, 0.2) is 0 Å². The number of hydrogen-bond acceptors (Lipinski definition) is 4. The van der Waals surface area contributed by atoms with E-state index in [4.69, 9.17) is 9.05 Å². The maximum absolute atomic E-state index is 11.9. The van der Waals surface area contributed by atoms with Gasteiger partial charge in [-0.3, -0.25) is 9.36 Å². The van der Waals surface area contributed by atoms with Gasteiger partial charge in [-0.2, -0.15) is 13.2 Å². The standard InChI is InChI=1S/C9H17F3NO4P/c1-3-16-18(15,17-4-2)7-5-6-13-8(14)9(10,11)12/h3-7H2,1-2H3,(H,13,14). The van der Waals surface area contributed by atoms with Gasteiger partial charge in [-0.1, -0.05) is 0 Å². The molecule has 108 valence electrons. The van der Waals surface area contributed by atoms with Gasteiger partial charge < -0.3 is 14.4 Å². The molecule has 0 aliphatic heterocycles. The fourth-order valence-corrected chi connectivity index (χ4v) is 2.80. The first-order valence-electron chi connectivity index (χ1n) is 5.48. The summed E-state index contributed by atoms with van der Waals surface area (Å²) in [4.78, 5) is 10.5. The van der Waals surface area contributed by atoms with Gasteiger partial charge in [0.1, 0.15) is 0 Å². The summed E-state index contributed by atoms with van der Waals surface area (Å²) in [7, 11) is -3.25. The van der Waals surface area contributed by atoms with Crippen LogP contribution >= 0.6 is 7.60 Å². The fraction of sp³-hybridized carbons (Fsp3) is 0.889. The molecule has 0 aromatic carbocycles. The van der Waals surface area contributed by atoms with Crippen LogP contribution in [0.3, 0.4) is 0 Å². The molecule has 0 unspecified atom stereocenters. The van der Waals surface area contributed by atoms with Crippen molar-refractivity contribution in [1.82, 2.24) is 5.32 Å². The number of halogens is 3. The Bertz CT molecular complexity index is 299. The van der Waals surface area contributed by atoms with Crippen molar-refractivity contribution in [3.8, 4) is 0 Å². The van der Waals surface area contributed by atoms with Crippen LogP contribution in [0.4, 0.5) is 13.2 Å². The Morgan fingerprint density at radius 2 is 1.72 bits per heavy atom. The van der Waals surface area contributed by atoms with Crippen LogP contribution < -0.4 is 5.32 Å². The van der Waals surface area contributed by atoms with E-state index in [1.807, 2.05) is 0 Å². The topological polar surface area (TPSA) is 64.6 Å². The smallest absolute Gasteiger partial charge is 0.348 e.